The number of ether oxygens (including phenoxy) is 1. The van der Waals surface area contributed by atoms with Crippen LogP contribution in [0, 0.1) is 0 Å². The number of rotatable bonds is 8. The molecule has 1 amide bonds. The van der Waals surface area contributed by atoms with E-state index in [2.05, 4.69) is 5.32 Å². The van der Waals surface area contributed by atoms with Gasteiger partial charge < -0.3 is 15.2 Å². The smallest absolute Gasteiger partial charge is 0.341 e. The van der Waals surface area contributed by atoms with Crippen molar-refractivity contribution in [3.8, 4) is 5.75 Å². The van der Waals surface area contributed by atoms with E-state index in [4.69, 9.17) is 33.0 Å². The van der Waals surface area contributed by atoms with Crippen molar-refractivity contribution in [2.75, 3.05) is 6.61 Å². The molecule has 0 aliphatic heterocycles. The number of carboxylic acid groups (broad SMARTS) is 1. The first-order valence-electron chi connectivity index (χ1n) is 8.03. The average Bonchev–Trinajstić information content (AvgIpc) is 2.61. The molecule has 2 N–H and O–H groups in total. The number of nitrogens with one attached hydrogen (secondary N) is 1. The first-order valence-corrected chi connectivity index (χ1v) is 8.78. The molecule has 1 unspecified atom stereocenters. The van der Waals surface area contributed by atoms with Crippen LogP contribution in [0.1, 0.15) is 30.5 Å². The molecule has 2 aromatic rings. The van der Waals surface area contributed by atoms with Crippen LogP contribution in [-0.2, 0) is 16.0 Å². The SMILES string of the molecule is CC(NC(=O)CCc1ccc(Cl)c(Cl)c1)c1ccc(OCC(=O)O)cc1. The third kappa shape index (κ3) is 6.24. The number of carbonyl (C=O) groups is 2. The van der Waals surface area contributed by atoms with Crippen molar-refractivity contribution in [2.24, 2.45) is 0 Å². The van der Waals surface area contributed by atoms with Gasteiger partial charge in [-0.15, -0.1) is 0 Å². The van der Waals surface area contributed by atoms with E-state index in [1.54, 1.807) is 36.4 Å². The molecule has 0 spiro atoms. The number of carbonyl (C=O) groups excluding carboxylic acids is 1. The van der Waals surface area contributed by atoms with Crippen molar-refractivity contribution in [2.45, 2.75) is 25.8 Å². The zero-order chi connectivity index (χ0) is 19.1. The molecule has 0 radical (unpaired) electrons. The van der Waals surface area contributed by atoms with Crippen LogP contribution >= 0.6 is 23.2 Å². The predicted molar refractivity (Wildman–Crippen MR) is 101 cm³/mol. The van der Waals surface area contributed by atoms with E-state index in [1.807, 2.05) is 13.0 Å². The summed E-state index contributed by atoms with van der Waals surface area (Å²) in [4.78, 5) is 22.6. The van der Waals surface area contributed by atoms with E-state index < -0.39 is 5.97 Å². The van der Waals surface area contributed by atoms with Crippen molar-refractivity contribution < 1.29 is 19.4 Å². The predicted octanol–water partition coefficient (Wildman–Crippen LogP) is 4.27. The summed E-state index contributed by atoms with van der Waals surface area (Å²) in [6, 6.07) is 12.1. The summed E-state index contributed by atoms with van der Waals surface area (Å²) in [5.74, 6) is -0.638. The first-order chi connectivity index (χ1) is 12.3. The Morgan fingerprint density at radius 1 is 1.12 bits per heavy atom. The fourth-order valence-corrected chi connectivity index (χ4v) is 2.67. The van der Waals surface area contributed by atoms with Crippen LogP contribution in [0.15, 0.2) is 42.5 Å². The second-order valence-electron chi connectivity index (χ2n) is 5.79. The number of hydrogen-bond donors (Lipinski definition) is 2. The van der Waals surface area contributed by atoms with Crippen molar-refractivity contribution in [3.63, 3.8) is 0 Å². The average molecular weight is 396 g/mol. The molecule has 0 aromatic heterocycles. The van der Waals surface area contributed by atoms with Crippen molar-refractivity contribution in [3.05, 3.63) is 63.6 Å². The summed E-state index contributed by atoms with van der Waals surface area (Å²) in [5.41, 5.74) is 1.85. The minimum atomic E-state index is -1.03. The van der Waals surface area contributed by atoms with Gasteiger partial charge in [0.15, 0.2) is 6.61 Å². The lowest BCUT2D eigenvalue weighted by Gasteiger charge is -2.15. The highest BCUT2D eigenvalue weighted by Gasteiger charge is 2.11. The van der Waals surface area contributed by atoms with Gasteiger partial charge in [-0.2, -0.15) is 0 Å². The number of hydrogen-bond acceptors (Lipinski definition) is 3. The molecule has 0 bridgehead atoms. The van der Waals surface area contributed by atoms with Gasteiger partial charge in [0.25, 0.3) is 0 Å². The van der Waals surface area contributed by atoms with E-state index in [9.17, 15) is 9.59 Å². The van der Waals surface area contributed by atoms with Gasteiger partial charge in [0, 0.05) is 6.42 Å². The molecule has 2 aromatic carbocycles. The van der Waals surface area contributed by atoms with Gasteiger partial charge >= 0.3 is 5.97 Å². The fourth-order valence-electron chi connectivity index (χ4n) is 2.35. The third-order valence-electron chi connectivity index (χ3n) is 3.74. The first kappa shape index (κ1) is 20.1. The van der Waals surface area contributed by atoms with E-state index >= 15 is 0 Å². The Kier molecular flexibility index (Phi) is 7.30. The van der Waals surface area contributed by atoms with Crippen molar-refractivity contribution in [1.82, 2.24) is 5.32 Å². The topological polar surface area (TPSA) is 75.6 Å². The Hall–Kier alpha value is -2.24. The van der Waals surface area contributed by atoms with Crippen LogP contribution in [0.4, 0.5) is 0 Å². The second kappa shape index (κ2) is 9.46. The molecule has 0 saturated heterocycles. The molecule has 7 heteroatoms. The van der Waals surface area contributed by atoms with Gasteiger partial charge in [-0.05, 0) is 48.7 Å². The molecule has 0 aliphatic carbocycles. The van der Waals surface area contributed by atoms with E-state index in [0.717, 1.165) is 11.1 Å². The lowest BCUT2D eigenvalue weighted by Crippen LogP contribution is -2.26. The molecule has 1 atom stereocenters. The van der Waals surface area contributed by atoms with Gasteiger partial charge in [0.2, 0.25) is 5.91 Å². The highest BCUT2D eigenvalue weighted by molar-refractivity contribution is 6.42. The third-order valence-corrected chi connectivity index (χ3v) is 4.48. The Morgan fingerprint density at radius 2 is 1.81 bits per heavy atom. The number of amides is 1. The van der Waals surface area contributed by atoms with Crippen LogP contribution in [-0.4, -0.2) is 23.6 Å². The number of halogens is 2. The van der Waals surface area contributed by atoms with E-state index in [0.29, 0.717) is 28.6 Å². The number of benzene rings is 2. The molecule has 0 fully saturated rings. The molecular weight excluding hydrogens is 377 g/mol. The molecule has 26 heavy (non-hydrogen) atoms. The molecule has 0 aliphatic rings. The Bertz CT molecular complexity index is 778. The quantitative estimate of drug-likeness (QED) is 0.699. The van der Waals surface area contributed by atoms with E-state index in [1.165, 1.54) is 0 Å². The molecule has 0 heterocycles. The summed E-state index contributed by atoms with van der Waals surface area (Å²) >= 11 is 11.8. The maximum absolute atomic E-state index is 12.1. The molecule has 138 valence electrons. The standard InChI is InChI=1S/C19H19Cl2NO4/c1-12(14-4-6-15(7-5-14)26-11-19(24)25)22-18(23)9-3-13-2-8-16(20)17(21)10-13/h2,4-8,10,12H,3,9,11H2,1H3,(H,22,23)(H,24,25). The highest BCUT2D eigenvalue weighted by atomic mass is 35.5. The summed E-state index contributed by atoms with van der Waals surface area (Å²) in [6.07, 6.45) is 0.902. The Morgan fingerprint density at radius 3 is 2.42 bits per heavy atom. The zero-order valence-corrected chi connectivity index (χ0v) is 15.7. The maximum atomic E-state index is 12.1. The molecule has 2 rings (SSSR count). The normalized spacial score (nSPS) is 11.7. The lowest BCUT2D eigenvalue weighted by molar-refractivity contribution is -0.139. The van der Waals surface area contributed by atoms with Crippen molar-refractivity contribution in [1.29, 1.82) is 0 Å². The minimum Gasteiger partial charge on any atom is -0.482 e. The van der Waals surface area contributed by atoms with Gasteiger partial charge in [-0.3, -0.25) is 4.79 Å². The summed E-state index contributed by atoms with van der Waals surface area (Å²) in [7, 11) is 0. The Labute approximate surface area is 161 Å². The molecule has 5 nitrogen and oxygen atoms in total. The molecular formula is C19H19Cl2NO4. The van der Waals surface area contributed by atoms with E-state index in [-0.39, 0.29) is 18.6 Å². The van der Waals surface area contributed by atoms with Gasteiger partial charge in [-0.25, -0.2) is 4.79 Å². The number of aliphatic carboxylic acids is 1. The summed E-state index contributed by atoms with van der Waals surface area (Å²) in [6.45, 7) is 1.49. The summed E-state index contributed by atoms with van der Waals surface area (Å²) in [5, 5.41) is 12.5. The van der Waals surface area contributed by atoms with Gasteiger partial charge in [0.1, 0.15) is 5.75 Å². The number of carboxylic acids is 1. The van der Waals surface area contributed by atoms with Crippen LogP contribution in [0.25, 0.3) is 0 Å². The molecule has 0 saturated carbocycles. The largest absolute Gasteiger partial charge is 0.482 e. The van der Waals surface area contributed by atoms with Crippen LogP contribution in [0.3, 0.4) is 0 Å². The maximum Gasteiger partial charge on any atom is 0.341 e. The monoisotopic (exact) mass is 395 g/mol. The van der Waals surface area contributed by atoms with Gasteiger partial charge in [-0.1, -0.05) is 41.4 Å². The summed E-state index contributed by atoms with van der Waals surface area (Å²) < 4.78 is 5.08. The van der Waals surface area contributed by atoms with Crippen molar-refractivity contribution >= 4 is 35.1 Å². The van der Waals surface area contributed by atoms with Crippen LogP contribution in [0.5, 0.6) is 5.75 Å². The van der Waals surface area contributed by atoms with Crippen LogP contribution < -0.4 is 10.1 Å². The zero-order valence-electron chi connectivity index (χ0n) is 14.2. The van der Waals surface area contributed by atoms with Crippen LogP contribution in [0.2, 0.25) is 10.0 Å². The lowest BCUT2D eigenvalue weighted by atomic mass is 10.1. The fraction of sp³-hybridized carbons (Fsp3) is 0.263. The second-order valence-corrected chi connectivity index (χ2v) is 6.60. The highest BCUT2D eigenvalue weighted by Crippen LogP contribution is 2.23. The van der Waals surface area contributed by atoms with Gasteiger partial charge in [0.05, 0.1) is 16.1 Å². The minimum absolute atomic E-state index is 0.0743. The number of aryl methyl sites for hydroxylation is 1. The Balaban J connectivity index is 1.84.